The van der Waals surface area contributed by atoms with Gasteiger partial charge in [0.15, 0.2) is 0 Å². The summed E-state index contributed by atoms with van der Waals surface area (Å²) in [5.74, 6) is 0.463. The summed E-state index contributed by atoms with van der Waals surface area (Å²) in [5, 5.41) is 1.42. The molecule has 0 radical (unpaired) electrons. The number of carbonyl (C=O) groups is 1. The molecule has 1 heterocycles. The molecule has 0 saturated carbocycles. The van der Waals surface area contributed by atoms with E-state index in [9.17, 15) is 9.59 Å². The van der Waals surface area contributed by atoms with Crippen molar-refractivity contribution in [1.82, 2.24) is 0 Å². The fraction of sp³-hybridized carbons (Fsp3) is 0.0625. The number of esters is 1. The summed E-state index contributed by atoms with van der Waals surface area (Å²) in [6, 6.07) is 29.4. The number of aryl methyl sites for hydroxylation is 1. The van der Waals surface area contributed by atoms with Crippen LogP contribution in [0, 0.1) is 6.92 Å². The number of hydrogen-bond acceptors (Lipinski definition) is 5. The first-order valence-corrected chi connectivity index (χ1v) is 12.3. The molecule has 0 saturated heterocycles. The highest BCUT2D eigenvalue weighted by Gasteiger charge is 2.14. The second-order valence-corrected chi connectivity index (χ2v) is 9.02. The largest absolute Gasteiger partial charge is 0.489 e. The molecule has 1 aromatic heterocycles. The van der Waals surface area contributed by atoms with Gasteiger partial charge in [-0.05, 0) is 60.0 Å². The fourth-order valence-electron chi connectivity index (χ4n) is 4.07. The average molecular weight is 523 g/mol. The Morgan fingerprint density at radius 3 is 2.42 bits per heavy atom. The lowest BCUT2D eigenvalue weighted by Gasteiger charge is -2.11. The normalized spacial score (nSPS) is 11.1. The van der Waals surface area contributed by atoms with Crippen LogP contribution in [0.4, 0.5) is 0 Å². The van der Waals surface area contributed by atoms with Crippen molar-refractivity contribution < 1.29 is 18.7 Å². The number of hydrogen-bond donors (Lipinski definition) is 0. The van der Waals surface area contributed by atoms with Crippen molar-refractivity contribution in [2.24, 2.45) is 0 Å². The lowest BCUT2D eigenvalue weighted by atomic mass is 10.0. The van der Waals surface area contributed by atoms with Gasteiger partial charge >= 0.3 is 11.6 Å². The Labute approximate surface area is 224 Å². The molecule has 4 aromatic carbocycles. The highest BCUT2D eigenvalue weighted by atomic mass is 35.5. The number of fused-ring (bicyclic) bond motifs is 1. The van der Waals surface area contributed by atoms with Crippen LogP contribution in [0.5, 0.6) is 11.5 Å². The van der Waals surface area contributed by atoms with Crippen LogP contribution in [0.2, 0.25) is 5.02 Å². The summed E-state index contributed by atoms with van der Waals surface area (Å²) in [7, 11) is 0. The molecule has 0 fully saturated rings. The standard InChI is InChI=1S/C32H23ClO5/c1-21-29(17-16-26-27(19-31(35)38-32(21)26)23-7-3-2-4-8-23)37-30(34)18-13-22-11-14-25(15-12-22)36-20-24-9-5-6-10-28(24)33/h2-19H,20H2,1H3. The maximum atomic E-state index is 12.5. The van der Waals surface area contributed by atoms with Crippen LogP contribution in [0.3, 0.4) is 0 Å². The highest BCUT2D eigenvalue weighted by molar-refractivity contribution is 6.31. The Morgan fingerprint density at radius 1 is 0.921 bits per heavy atom. The van der Waals surface area contributed by atoms with E-state index in [1.165, 1.54) is 12.1 Å². The summed E-state index contributed by atoms with van der Waals surface area (Å²) in [6.07, 6.45) is 3.00. The van der Waals surface area contributed by atoms with Crippen LogP contribution in [0.15, 0.2) is 112 Å². The van der Waals surface area contributed by atoms with Crippen molar-refractivity contribution in [2.75, 3.05) is 0 Å². The topological polar surface area (TPSA) is 65.7 Å². The van der Waals surface area contributed by atoms with E-state index in [4.69, 9.17) is 25.5 Å². The van der Waals surface area contributed by atoms with Gasteiger partial charge in [-0.3, -0.25) is 0 Å². The van der Waals surface area contributed by atoms with E-state index in [1.54, 1.807) is 25.1 Å². The van der Waals surface area contributed by atoms with Gasteiger partial charge in [-0.1, -0.05) is 72.3 Å². The summed E-state index contributed by atoms with van der Waals surface area (Å²) >= 11 is 6.17. The molecule has 0 aliphatic carbocycles. The number of benzene rings is 4. The molecular weight excluding hydrogens is 500 g/mol. The average Bonchev–Trinajstić information content (AvgIpc) is 2.94. The van der Waals surface area contributed by atoms with E-state index in [0.717, 1.165) is 27.6 Å². The third-order valence-corrected chi connectivity index (χ3v) is 6.42. The zero-order valence-electron chi connectivity index (χ0n) is 20.5. The van der Waals surface area contributed by atoms with E-state index in [1.807, 2.05) is 78.9 Å². The van der Waals surface area contributed by atoms with Gasteiger partial charge in [-0.25, -0.2) is 9.59 Å². The van der Waals surface area contributed by atoms with E-state index >= 15 is 0 Å². The third-order valence-electron chi connectivity index (χ3n) is 6.05. The minimum atomic E-state index is -0.548. The Kier molecular flexibility index (Phi) is 7.38. The van der Waals surface area contributed by atoms with Crippen LogP contribution < -0.4 is 15.1 Å². The van der Waals surface area contributed by atoms with E-state index in [-0.39, 0.29) is 0 Å². The van der Waals surface area contributed by atoms with Crippen LogP contribution in [0.1, 0.15) is 16.7 Å². The lowest BCUT2D eigenvalue weighted by Crippen LogP contribution is -2.06. The van der Waals surface area contributed by atoms with Crippen molar-refractivity contribution in [2.45, 2.75) is 13.5 Å². The zero-order valence-corrected chi connectivity index (χ0v) is 21.3. The molecule has 38 heavy (non-hydrogen) atoms. The van der Waals surface area contributed by atoms with Gasteiger partial charge in [0.1, 0.15) is 23.7 Å². The van der Waals surface area contributed by atoms with Crippen LogP contribution in [0.25, 0.3) is 28.2 Å². The first-order chi connectivity index (χ1) is 18.5. The van der Waals surface area contributed by atoms with Crippen molar-refractivity contribution in [1.29, 1.82) is 0 Å². The minimum Gasteiger partial charge on any atom is -0.489 e. The fourth-order valence-corrected chi connectivity index (χ4v) is 4.26. The minimum absolute atomic E-state index is 0.323. The number of carbonyl (C=O) groups excluding carboxylic acids is 1. The molecule has 0 amide bonds. The van der Waals surface area contributed by atoms with Crippen LogP contribution >= 0.6 is 11.6 Å². The molecule has 6 heteroatoms. The number of ether oxygens (including phenoxy) is 2. The molecule has 0 aliphatic heterocycles. The molecule has 188 valence electrons. The second-order valence-electron chi connectivity index (χ2n) is 8.61. The highest BCUT2D eigenvalue weighted by Crippen LogP contribution is 2.33. The van der Waals surface area contributed by atoms with Gasteiger partial charge < -0.3 is 13.9 Å². The maximum absolute atomic E-state index is 12.5. The van der Waals surface area contributed by atoms with Crippen LogP contribution in [-0.2, 0) is 11.4 Å². The summed E-state index contributed by atoms with van der Waals surface area (Å²) in [5.41, 5.74) is 3.86. The number of rotatable bonds is 7. The smallest absolute Gasteiger partial charge is 0.336 e. The van der Waals surface area contributed by atoms with Crippen LogP contribution in [-0.4, -0.2) is 5.97 Å². The second kappa shape index (κ2) is 11.2. The van der Waals surface area contributed by atoms with Crippen molar-refractivity contribution in [3.05, 3.63) is 135 Å². The molecule has 5 rings (SSSR count). The Morgan fingerprint density at radius 2 is 1.66 bits per heavy atom. The van der Waals surface area contributed by atoms with E-state index < -0.39 is 11.6 Å². The Hall–Kier alpha value is -4.61. The quantitative estimate of drug-likeness (QED) is 0.0951. The molecule has 0 spiro atoms. The molecule has 5 aromatic rings. The monoisotopic (exact) mass is 522 g/mol. The van der Waals surface area contributed by atoms with Gasteiger partial charge in [-0.15, -0.1) is 0 Å². The van der Waals surface area contributed by atoms with E-state index in [0.29, 0.717) is 34.3 Å². The van der Waals surface area contributed by atoms with Crippen molar-refractivity contribution in [3.8, 4) is 22.6 Å². The van der Waals surface area contributed by atoms with Crippen molar-refractivity contribution in [3.63, 3.8) is 0 Å². The number of halogens is 1. The van der Waals surface area contributed by atoms with Gasteiger partial charge in [0.05, 0.1) is 0 Å². The Balaban J connectivity index is 1.28. The summed E-state index contributed by atoms with van der Waals surface area (Å²) in [4.78, 5) is 24.8. The molecule has 0 atom stereocenters. The molecule has 5 nitrogen and oxygen atoms in total. The molecule has 0 unspecified atom stereocenters. The molecule has 0 aliphatic rings. The van der Waals surface area contributed by atoms with Gasteiger partial charge in [0.25, 0.3) is 0 Å². The summed E-state index contributed by atoms with van der Waals surface area (Å²) in [6.45, 7) is 2.12. The lowest BCUT2D eigenvalue weighted by molar-refractivity contribution is -0.128. The Bertz CT molecular complexity index is 1690. The first-order valence-electron chi connectivity index (χ1n) is 12.0. The molecule has 0 bridgehead atoms. The third kappa shape index (κ3) is 5.69. The zero-order chi connectivity index (χ0) is 26.5. The SMILES string of the molecule is Cc1c(OC(=O)C=Cc2ccc(OCc3ccccc3Cl)cc2)ccc2c(-c3ccccc3)cc(=O)oc12. The summed E-state index contributed by atoms with van der Waals surface area (Å²) < 4.78 is 16.8. The van der Waals surface area contributed by atoms with Crippen molar-refractivity contribution >= 4 is 34.6 Å². The van der Waals surface area contributed by atoms with E-state index in [2.05, 4.69) is 0 Å². The molecular formula is C32H23ClO5. The van der Waals surface area contributed by atoms with Gasteiger partial charge in [0.2, 0.25) is 0 Å². The maximum Gasteiger partial charge on any atom is 0.336 e. The molecule has 0 N–H and O–H groups in total. The van der Waals surface area contributed by atoms with Gasteiger partial charge in [-0.2, -0.15) is 0 Å². The predicted molar refractivity (Wildman–Crippen MR) is 150 cm³/mol. The first kappa shape index (κ1) is 25.1. The van der Waals surface area contributed by atoms with Gasteiger partial charge in [0, 0.05) is 33.7 Å². The predicted octanol–water partition coefficient (Wildman–Crippen LogP) is 7.62.